The highest BCUT2D eigenvalue weighted by Gasteiger charge is 2.31. The van der Waals surface area contributed by atoms with Gasteiger partial charge in [0.15, 0.2) is 0 Å². The molecular weight excluding hydrogens is 397 g/mol. The molecule has 11 heteroatoms. The van der Waals surface area contributed by atoms with Gasteiger partial charge in [0.25, 0.3) is 11.6 Å². The van der Waals surface area contributed by atoms with Crippen molar-refractivity contribution in [2.24, 2.45) is 0 Å². The number of rotatable bonds is 4. The summed E-state index contributed by atoms with van der Waals surface area (Å²) in [5.41, 5.74) is -0.864. The molecule has 0 aliphatic carbocycles. The van der Waals surface area contributed by atoms with Crippen molar-refractivity contribution >= 4 is 28.7 Å². The van der Waals surface area contributed by atoms with Crippen molar-refractivity contribution in [3.63, 3.8) is 0 Å². The van der Waals surface area contributed by atoms with Gasteiger partial charge in [-0.15, -0.1) is 11.3 Å². The van der Waals surface area contributed by atoms with Crippen LogP contribution in [0.3, 0.4) is 0 Å². The number of anilines is 1. The fourth-order valence-electron chi connectivity index (χ4n) is 3.02. The molecule has 3 heterocycles. The van der Waals surface area contributed by atoms with Gasteiger partial charge >= 0.3 is 6.18 Å². The van der Waals surface area contributed by atoms with Crippen molar-refractivity contribution in [2.45, 2.75) is 32.0 Å². The smallest absolute Gasteiger partial charge is 0.356 e. The molecule has 2 aromatic heterocycles. The number of nitro groups is 1. The summed E-state index contributed by atoms with van der Waals surface area (Å²) in [6.45, 7) is 2.66. The molecule has 150 valence electrons. The molecule has 0 bridgehead atoms. The molecule has 0 radical (unpaired) electrons. The molecule has 28 heavy (non-hydrogen) atoms. The Balaban J connectivity index is 1.56. The number of hydrogen-bond acceptors (Lipinski definition) is 6. The van der Waals surface area contributed by atoms with E-state index in [9.17, 15) is 28.1 Å². The molecule has 0 aromatic carbocycles. The van der Waals surface area contributed by atoms with E-state index in [0.717, 1.165) is 23.6 Å². The normalized spacial score (nSPS) is 15.5. The first kappa shape index (κ1) is 20.1. The van der Waals surface area contributed by atoms with Crippen LogP contribution in [-0.4, -0.2) is 34.9 Å². The van der Waals surface area contributed by atoms with Gasteiger partial charge < -0.3 is 10.2 Å². The molecule has 1 fully saturated rings. The van der Waals surface area contributed by atoms with E-state index in [2.05, 4.69) is 10.3 Å². The maximum absolute atomic E-state index is 12.6. The van der Waals surface area contributed by atoms with Crippen LogP contribution in [-0.2, 0) is 6.18 Å². The Bertz CT molecular complexity index is 875. The van der Waals surface area contributed by atoms with Crippen LogP contribution in [0.2, 0.25) is 0 Å². The topological polar surface area (TPSA) is 88.4 Å². The molecule has 0 unspecified atom stereocenters. The highest BCUT2D eigenvalue weighted by Crippen LogP contribution is 2.30. The zero-order valence-electron chi connectivity index (χ0n) is 14.8. The molecule has 0 saturated carbocycles. The van der Waals surface area contributed by atoms with Crippen molar-refractivity contribution in [2.75, 3.05) is 18.0 Å². The molecule has 2 aromatic rings. The Hall–Kier alpha value is -2.69. The van der Waals surface area contributed by atoms with Crippen molar-refractivity contribution in [1.29, 1.82) is 0 Å². The third kappa shape index (κ3) is 4.41. The Labute approximate surface area is 162 Å². The highest BCUT2D eigenvalue weighted by molar-refractivity contribution is 7.14. The zero-order valence-corrected chi connectivity index (χ0v) is 15.6. The Morgan fingerprint density at radius 1 is 1.36 bits per heavy atom. The second-order valence-electron chi connectivity index (χ2n) is 6.45. The van der Waals surface area contributed by atoms with Crippen molar-refractivity contribution in [3.8, 4) is 0 Å². The van der Waals surface area contributed by atoms with Crippen LogP contribution in [0.1, 0.15) is 33.0 Å². The van der Waals surface area contributed by atoms with Crippen LogP contribution < -0.4 is 10.2 Å². The maximum atomic E-state index is 12.6. The van der Waals surface area contributed by atoms with E-state index in [1.54, 1.807) is 6.92 Å². The van der Waals surface area contributed by atoms with E-state index >= 15 is 0 Å². The van der Waals surface area contributed by atoms with Crippen LogP contribution in [0.25, 0.3) is 0 Å². The monoisotopic (exact) mass is 414 g/mol. The second kappa shape index (κ2) is 7.74. The number of halogens is 3. The summed E-state index contributed by atoms with van der Waals surface area (Å²) in [5, 5.41) is 13.8. The number of carbonyl (C=O) groups excluding carboxylic acids is 1. The first-order chi connectivity index (χ1) is 13.1. The van der Waals surface area contributed by atoms with Gasteiger partial charge in [-0.3, -0.25) is 14.9 Å². The van der Waals surface area contributed by atoms with Gasteiger partial charge in [0, 0.05) is 31.4 Å². The van der Waals surface area contributed by atoms with Gasteiger partial charge in [0.2, 0.25) is 0 Å². The van der Waals surface area contributed by atoms with Gasteiger partial charge in [0.05, 0.1) is 20.2 Å². The Morgan fingerprint density at radius 2 is 2.04 bits per heavy atom. The van der Waals surface area contributed by atoms with Gasteiger partial charge in [-0.25, -0.2) is 4.98 Å². The van der Waals surface area contributed by atoms with Crippen molar-refractivity contribution in [1.82, 2.24) is 10.3 Å². The number of hydrogen-bond donors (Lipinski definition) is 1. The molecule has 0 spiro atoms. The molecule has 0 atom stereocenters. The first-order valence-corrected chi connectivity index (χ1v) is 9.30. The van der Waals surface area contributed by atoms with E-state index in [4.69, 9.17) is 0 Å². The number of amides is 1. The second-order valence-corrected chi connectivity index (χ2v) is 7.70. The fraction of sp³-hybridized carbons (Fsp3) is 0.412. The molecule has 7 nitrogen and oxygen atoms in total. The molecule has 1 saturated heterocycles. The largest absolute Gasteiger partial charge is 0.417 e. The minimum atomic E-state index is -4.42. The number of aromatic nitrogens is 1. The lowest BCUT2D eigenvalue weighted by atomic mass is 10.0. The molecule has 1 N–H and O–H groups in total. The average molecular weight is 414 g/mol. The SMILES string of the molecule is Cc1sc(C(=O)NC2CCN(c3ccc(C(F)(F)F)cn3)CC2)cc1[N+](=O)[O-]. The van der Waals surface area contributed by atoms with E-state index in [0.29, 0.717) is 36.6 Å². The van der Waals surface area contributed by atoms with Gasteiger partial charge in [0.1, 0.15) is 5.82 Å². The van der Waals surface area contributed by atoms with Crippen LogP contribution >= 0.6 is 11.3 Å². The van der Waals surface area contributed by atoms with Gasteiger partial charge in [-0.1, -0.05) is 0 Å². The third-order valence-electron chi connectivity index (χ3n) is 4.54. The molecular formula is C17H17F3N4O3S. The van der Waals surface area contributed by atoms with Gasteiger partial charge in [-0.05, 0) is 31.9 Å². The highest BCUT2D eigenvalue weighted by atomic mass is 32.1. The molecule has 1 aliphatic rings. The predicted octanol–water partition coefficient (Wildman–Crippen LogP) is 3.78. The summed E-state index contributed by atoms with van der Waals surface area (Å²) in [6.07, 6.45) is -2.41. The number of nitrogens with zero attached hydrogens (tertiary/aromatic N) is 3. The zero-order chi connectivity index (χ0) is 20.5. The Kier molecular flexibility index (Phi) is 5.54. The summed E-state index contributed by atoms with van der Waals surface area (Å²) >= 11 is 1.07. The third-order valence-corrected chi connectivity index (χ3v) is 5.58. The van der Waals surface area contributed by atoms with Crippen molar-refractivity contribution in [3.05, 3.63) is 49.8 Å². The van der Waals surface area contributed by atoms with Crippen LogP contribution in [0.4, 0.5) is 24.7 Å². The number of aryl methyl sites for hydroxylation is 1. The summed E-state index contributed by atoms with van der Waals surface area (Å²) in [4.78, 5) is 29.2. The quantitative estimate of drug-likeness (QED) is 0.608. The summed E-state index contributed by atoms with van der Waals surface area (Å²) < 4.78 is 37.8. The van der Waals surface area contributed by atoms with E-state index < -0.39 is 16.7 Å². The minimum absolute atomic E-state index is 0.0710. The summed E-state index contributed by atoms with van der Waals surface area (Å²) in [5.74, 6) is 0.106. The number of pyridine rings is 1. The maximum Gasteiger partial charge on any atom is 0.417 e. The number of thiophene rings is 1. The standard InChI is InChI=1S/C17H17F3N4O3S/c1-10-13(24(26)27)8-14(28-10)16(25)22-12-4-6-23(7-5-12)15-3-2-11(9-21-15)17(18,19)20/h2-3,8-9,12H,4-7H2,1H3,(H,22,25). The average Bonchev–Trinajstić information content (AvgIpc) is 3.04. The number of piperidine rings is 1. The molecule has 1 aliphatic heterocycles. The van der Waals surface area contributed by atoms with Crippen LogP contribution in [0.5, 0.6) is 0 Å². The van der Waals surface area contributed by atoms with E-state index in [-0.39, 0.29) is 22.5 Å². The van der Waals surface area contributed by atoms with E-state index in [1.165, 1.54) is 12.1 Å². The lowest BCUT2D eigenvalue weighted by Gasteiger charge is -2.33. The molecule has 1 amide bonds. The number of carbonyl (C=O) groups is 1. The first-order valence-electron chi connectivity index (χ1n) is 8.49. The fourth-order valence-corrected chi connectivity index (χ4v) is 3.91. The predicted molar refractivity (Wildman–Crippen MR) is 97.7 cm³/mol. The number of alkyl halides is 3. The van der Waals surface area contributed by atoms with E-state index in [1.807, 2.05) is 4.90 Å². The van der Waals surface area contributed by atoms with Crippen LogP contribution in [0.15, 0.2) is 24.4 Å². The van der Waals surface area contributed by atoms with Gasteiger partial charge in [-0.2, -0.15) is 13.2 Å². The van der Waals surface area contributed by atoms with Crippen LogP contribution in [0, 0.1) is 17.0 Å². The summed E-state index contributed by atoms with van der Waals surface area (Å²) in [6, 6.07) is 3.51. The number of nitrogens with one attached hydrogen (secondary N) is 1. The van der Waals surface area contributed by atoms with Crippen molar-refractivity contribution < 1.29 is 22.9 Å². The lowest BCUT2D eigenvalue weighted by molar-refractivity contribution is -0.385. The lowest BCUT2D eigenvalue weighted by Crippen LogP contribution is -2.44. The minimum Gasteiger partial charge on any atom is -0.356 e. The summed E-state index contributed by atoms with van der Waals surface area (Å²) in [7, 11) is 0. The molecule has 3 rings (SSSR count). The Morgan fingerprint density at radius 3 is 2.54 bits per heavy atom.